The Morgan fingerprint density at radius 1 is 1.29 bits per heavy atom. The summed E-state index contributed by atoms with van der Waals surface area (Å²) in [4.78, 5) is 55.2. The molecule has 0 bridgehead atoms. The van der Waals surface area contributed by atoms with Gasteiger partial charge in [0.1, 0.15) is 18.0 Å². The zero-order valence-electron chi connectivity index (χ0n) is 18.6. The monoisotopic (exact) mass is 518 g/mol. The van der Waals surface area contributed by atoms with Gasteiger partial charge in [0.15, 0.2) is 5.90 Å². The number of esters is 1. The van der Waals surface area contributed by atoms with E-state index in [1.54, 1.807) is 6.92 Å². The number of rotatable bonds is 8. The quantitative estimate of drug-likeness (QED) is 0.242. The van der Waals surface area contributed by atoms with Crippen LogP contribution in [0.4, 0.5) is 5.69 Å². The minimum Gasteiger partial charge on any atom is -0.481 e. The number of hydrogen-bond acceptors (Lipinski definition) is 10. The van der Waals surface area contributed by atoms with E-state index in [9.17, 15) is 24.5 Å². The van der Waals surface area contributed by atoms with Gasteiger partial charge in [0.2, 0.25) is 12.1 Å². The van der Waals surface area contributed by atoms with Gasteiger partial charge < -0.3 is 14.8 Å². The topological polar surface area (TPSA) is 140 Å². The maximum Gasteiger partial charge on any atom is 0.352 e. The number of thioether (sulfide) groups is 1. The average Bonchev–Trinajstić information content (AvgIpc) is 3.29. The van der Waals surface area contributed by atoms with Crippen molar-refractivity contribution in [1.29, 1.82) is 0 Å². The molecule has 13 heteroatoms. The number of benzene rings is 1. The molecule has 0 unspecified atom stereocenters. The van der Waals surface area contributed by atoms with Gasteiger partial charge >= 0.3 is 5.97 Å². The van der Waals surface area contributed by atoms with Crippen molar-refractivity contribution in [2.75, 3.05) is 12.4 Å². The van der Waals surface area contributed by atoms with E-state index in [4.69, 9.17) is 9.47 Å². The lowest BCUT2D eigenvalue weighted by atomic mass is 10.1. The Balaban J connectivity index is 1.43. The van der Waals surface area contributed by atoms with Gasteiger partial charge in [-0.25, -0.2) is 9.79 Å². The molecule has 1 N–H and O–H groups in total. The smallest absolute Gasteiger partial charge is 0.352 e. The summed E-state index contributed by atoms with van der Waals surface area (Å²) in [6, 6.07) is 8.52. The van der Waals surface area contributed by atoms with E-state index in [0.29, 0.717) is 23.8 Å². The maximum atomic E-state index is 13.0. The minimum absolute atomic E-state index is 0.0759. The van der Waals surface area contributed by atoms with Crippen molar-refractivity contribution < 1.29 is 28.8 Å². The number of aliphatic imine (C=N–C) groups is 1. The van der Waals surface area contributed by atoms with Crippen molar-refractivity contribution >= 4 is 52.5 Å². The molecule has 1 saturated heterocycles. The van der Waals surface area contributed by atoms with E-state index < -0.39 is 34.4 Å². The van der Waals surface area contributed by atoms with Gasteiger partial charge in [-0.2, -0.15) is 0 Å². The molecule has 0 radical (unpaired) electrons. The molecule has 184 valence electrons. The summed E-state index contributed by atoms with van der Waals surface area (Å²) in [7, 11) is 0. The van der Waals surface area contributed by atoms with Gasteiger partial charge in [-0.05, 0) is 36.1 Å². The van der Waals surface area contributed by atoms with Crippen molar-refractivity contribution in [1.82, 2.24) is 10.2 Å². The van der Waals surface area contributed by atoms with Crippen LogP contribution in [-0.2, 0) is 36.9 Å². The highest BCUT2D eigenvalue weighted by Crippen LogP contribution is 2.35. The molecule has 4 rings (SSSR count). The summed E-state index contributed by atoms with van der Waals surface area (Å²) in [5.41, 5.74) is 0.471. The third kappa shape index (κ3) is 5.62. The predicted molar refractivity (Wildman–Crippen MR) is 129 cm³/mol. The van der Waals surface area contributed by atoms with E-state index in [0.717, 1.165) is 4.88 Å². The molecule has 3 atom stereocenters. The number of non-ortho nitro benzene ring substituents is 1. The van der Waals surface area contributed by atoms with E-state index in [1.165, 1.54) is 52.3 Å². The first-order chi connectivity index (χ1) is 16.9. The normalized spacial score (nSPS) is 21.2. The van der Waals surface area contributed by atoms with Crippen LogP contribution in [0.15, 0.2) is 46.8 Å². The molecular weight excluding hydrogens is 496 g/mol. The van der Waals surface area contributed by atoms with E-state index in [-0.39, 0.29) is 24.6 Å². The second kappa shape index (κ2) is 10.9. The van der Waals surface area contributed by atoms with E-state index in [2.05, 4.69) is 10.3 Å². The van der Waals surface area contributed by atoms with Crippen LogP contribution in [0.3, 0.4) is 0 Å². The third-order valence-electron chi connectivity index (χ3n) is 5.27. The molecule has 2 aromatic rings. The predicted octanol–water partition coefficient (Wildman–Crippen LogP) is 2.10. The van der Waals surface area contributed by atoms with Gasteiger partial charge in [0, 0.05) is 17.0 Å². The number of β-lactam (4-membered cyclic amide) rings is 1. The molecule has 2 amide bonds. The molecule has 0 saturated carbocycles. The standard InChI is InChI=1S/C22H22N4O7S2/c1-2-32-17-12-35-21-18(23-16(27)10-15-4-3-9-34-15)20(28)25(21)19(24-17)22(29)33-11-13-5-7-14(8-6-13)26(30)31/h3-9,18-19,21H,2,10-12H2,1H3,(H,23,27)/t18-,19+,21-/m1/s1. The number of fused-ring (bicyclic) bond motifs is 1. The maximum absolute atomic E-state index is 13.0. The number of nitro benzene ring substituents is 1. The molecule has 0 spiro atoms. The van der Waals surface area contributed by atoms with Crippen molar-refractivity contribution in [2.45, 2.75) is 37.5 Å². The molecule has 2 aliphatic heterocycles. The largest absolute Gasteiger partial charge is 0.481 e. The lowest BCUT2D eigenvalue weighted by molar-refractivity contribution is -0.384. The van der Waals surface area contributed by atoms with Crippen LogP contribution in [-0.4, -0.2) is 63.4 Å². The fraction of sp³-hybridized carbons (Fsp3) is 0.364. The number of ether oxygens (including phenoxy) is 2. The van der Waals surface area contributed by atoms with Crippen LogP contribution >= 0.6 is 23.1 Å². The lowest BCUT2D eigenvalue weighted by Crippen LogP contribution is -2.72. The first kappa shape index (κ1) is 24.7. The van der Waals surface area contributed by atoms with Crippen LogP contribution in [0.25, 0.3) is 0 Å². The summed E-state index contributed by atoms with van der Waals surface area (Å²) in [6.07, 6.45) is -1.09. The zero-order valence-corrected chi connectivity index (χ0v) is 20.3. The van der Waals surface area contributed by atoms with Gasteiger partial charge in [-0.1, -0.05) is 6.07 Å². The number of thiophene rings is 1. The Bertz CT molecular complexity index is 1140. The Labute approximate surface area is 208 Å². The van der Waals surface area contributed by atoms with Gasteiger partial charge in [-0.15, -0.1) is 23.1 Å². The number of nitrogens with one attached hydrogen (secondary N) is 1. The molecule has 0 aliphatic carbocycles. The highest BCUT2D eigenvalue weighted by atomic mass is 32.2. The van der Waals surface area contributed by atoms with E-state index in [1.807, 2.05) is 17.5 Å². The third-order valence-corrected chi connectivity index (χ3v) is 7.40. The van der Waals surface area contributed by atoms with Gasteiger partial charge in [-0.3, -0.25) is 24.6 Å². The van der Waals surface area contributed by atoms with Crippen molar-refractivity contribution in [3.05, 3.63) is 62.3 Å². The first-order valence-electron chi connectivity index (χ1n) is 10.7. The number of amides is 2. The van der Waals surface area contributed by atoms with Gasteiger partial charge in [0.05, 0.1) is 23.7 Å². The Kier molecular flexibility index (Phi) is 7.66. The summed E-state index contributed by atoms with van der Waals surface area (Å²) >= 11 is 2.81. The number of hydrogen-bond donors (Lipinski definition) is 1. The molecule has 35 heavy (non-hydrogen) atoms. The molecule has 2 aliphatic rings. The van der Waals surface area contributed by atoms with Crippen molar-refractivity contribution in [3.63, 3.8) is 0 Å². The second-order valence-electron chi connectivity index (χ2n) is 7.61. The molecule has 1 aromatic heterocycles. The number of carbonyl (C=O) groups excluding carboxylic acids is 3. The Morgan fingerprint density at radius 3 is 2.71 bits per heavy atom. The fourth-order valence-corrected chi connectivity index (χ4v) is 5.53. The van der Waals surface area contributed by atoms with Crippen LogP contribution in [0, 0.1) is 10.1 Å². The van der Waals surface area contributed by atoms with Gasteiger partial charge in [0.25, 0.3) is 11.6 Å². The average molecular weight is 519 g/mol. The summed E-state index contributed by atoms with van der Waals surface area (Å²) in [5.74, 6) is -0.837. The number of nitro groups is 1. The molecule has 3 heterocycles. The number of carbonyl (C=O) groups is 3. The van der Waals surface area contributed by atoms with Crippen molar-refractivity contribution in [3.8, 4) is 0 Å². The second-order valence-corrected chi connectivity index (χ2v) is 9.75. The Hall–Kier alpha value is -3.45. The van der Waals surface area contributed by atoms with Crippen LogP contribution in [0.1, 0.15) is 17.4 Å². The lowest BCUT2D eigenvalue weighted by Gasteiger charge is -2.47. The van der Waals surface area contributed by atoms with E-state index >= 15 is 0 Å². The number of nitrogens with zero attached hydrogens (tertiary/aromatic N) is 3. The highest BCUT2D eigenvalue weighted by molar-refractivity contribution is 8.00. The van der Waals surface area contributed by atoms with Crippen molar-refractivity contribution in [2.24, 2.45) is 4.99 Å². The summed E-state index contributed by atoms with van der Waals surface area (Å²) < 4.78 is 10.9. The molecule has 11 nitrogen and oxygen atoms in total. The summed E-state index contributed by atoms with van der Waals surface area (Å²) in [6.45, 7) is 1.98. The van der Waals surface area contributed by atoms with Crippen LogP contribution in [0.5, 0.6) is 0 Å². The molecular formula is C22H22N4O7S2. The van der Waals surface area contributed by atoms with Crippen LogP contribution in [0.2, 0.25) is 0 Å². The minimum atomic E-state index is -1.26. The fourth-order valence-electron chi connectivity index (χ4n) is 3.60. The SMILES string of the molecule is CCOC1=N[C@H](C(=O)OCc2ccc([N+](=O)[O-])cc2)N2C(=O)[C@@H](NC(=O)Cc3cccs3)[C@H]2SC1. The highest BCUT2D eigenvalue weighted by Gasteiger charge is 2.55. The Morgan fingerprint density at radius 2 is 2.06 bits per heavy atom. The first-order valence-corrected chi connectivity index (χ1v) is 12.6. The summed E-state index contributed by atoms with van der Waals surface area (Å²) in [5, 5.41) is 14.9. The molecule has 1 aromatic carbocycles. The van der Waals surface area contributed by atoms with Crippen LogP contribution < -0.4 is 5.32 Å². The molecule has 1 fully saturated rings. The zero-order chi connectivity index (χ0) is 24.9.